The lowest BCUT2D eigenvalue weighted by atomic mass is 9.68. The molecule has 0 aromatic carbocycles. The van der Waals surface area contributed by atoms with Crippen molar-refractivity contribution < 1.29 is 5.11 Å². The maximum Gasteiger partial charge on any atom is 0.0693 e. The Morgan fingerprint density at radius 2 is 2.19 bits per heavy atom. The van der Waals surface area contributed by atoms with Gasteiger partial charge in [-0.3, -0.25) is 4.98 Å². The minimum atomic E-state index is -0.523. The van der Waals surface area contributed by atoms with E-state index in [9.17, 15) is 5.11 Å². The summed E-state index contributed by atoms with van der Waals surface area (Å²) in [5.74, 6) is 0. The zero-order valence-corrected chi connectivity index (χ0v) is 10.2. The maximum absolute atomic E-state index is 10.6. The molecule has 1 saturated carbocycles. The van der Waals surface area contributed by atoms with Crippen molar-refractivity contribution in [3.8, 4) is 0 Å². The van der Waals surface area contributed by atoms with Crippen molar-refractivity contribution >= 4 is 0 Å². The maximum atomic E-state index is 10.6. The van der Waals surface area contributed by atoms with Crippen molar-refractivity contribution in [1.29, 1.82) is 0 Å². The van der Waals surface area contributed by atoms with Gasteiger partial charge in [0.25, 0.3) is 0 Å². The third kappa shape index (κ3) is 2.82. The van der Waals surface area contributed by atoms with Crippen LogP contribution in [0.3, 0.4) is 0 Å². The Morgan fingerprint density at radius 1 is 1.38 bits per heavy atom. The van der Waals surface area contributed by atoms with Gasteiger partial charge >= 0.3 is 0 Å². The van der Waals surface area contributed by atoms with Crippen molar-refractivity contribution in [3.05, 3.63) is 30.1 Å². The van der Waals surface area contributed by atoms with E-state index in [0.29, 0.717) is 0 Å². The predicted molar refractivity (Wildman–Crippen MR) is 65.1 cm³/mol. The Balaban J connectivity index is 2.08. The molecule has 2 rings (SSSR count). The van der Waals surface area contributed by atoms with E-state index < -0.39 is 5.60 Å². The Labute approximate surface area is 97.7 Å². The topological polar surface area (TPSA) is 33.1 Å². The Bertz CT molecular complexity index is 347. The summed E-state index contributed by atoms with van der Waals surface area (Å²) in [5, 5.41) is 10.6. The average molecular weight is 219 g/mol. The van der Waals surface area contributed by atoms with Gasteiger partial charge in [-0.2, -0.15) is 0 Å². The smallest absolute Gasteiger partial charge is 0.0693 e. The molecule has 2 nitrogen and oxygen atoms in total. The third-order valence-corrected chi connectivity index (χ3v) is 3.56. The number of hydrogen-bond acceptors (Lipinski definition) is 2. The fourth-order valence-electron chi connectivity index (χ4n) is 3.00. The molecule has 1 heterocycles. The van der Waals surface area contributed by atoms with Crippen LogP contribution in [0.4, 0.5) is 0 Å². The first-order valence-corrected chi connectivity index (χ1v) is 6.11. The summed E-state index contributed by atoms with van der Waals surface area (Å²) in [6.45, 7) is 4.50. The normalized spacial score (nSPS) is 28.9. The van der Waals surface area contributed by atoms with E-state index in [4.69, 9.17) is 0 Å². The SMILES string of the molecule is CC1(C)CCCC(O)(Cc2cccnc2)C1. The Kier molecular flexibility index (Phi) is 3.02. The highest BCUT2D eigenvalue weighted by Gasteiger charge is 2.38. The Hall–Kier alpha value is -0.890. The van der Waals surface area contributed by atoms with Crippen molar-refractivity contribution in [2.75, 3.05) is 0 Å². The van der Waals surface area contributed by atoms with E-state index in [1.54, 1.807) is 6.20 Å². The van der Waals surface area contributed by atoms with Gasteiger partial charge in [-0.25, -0.2) is 0 Å². The van der Waals surface area contributed by atoms with Gasteiger partial charge in [0.2, 0.25) is 0 Å². The van der Waals surface area contributed by atoms with E-state index in [2.05, 4.69) is 18.8 Å². The number of nitrogens with zero attached hydrogens (tertiary/aromatic N) is 1. The van der Waals surface area contributed by atoms with E-state index >= 15 is 0 Å². The number of aromatic nitrogens is 1. The highest BCUT2D eigenvalue weighted by atomic mass is 16.3. The van der Waals surface area contributed by atoms with Crippen LogP contribution in [0, 0.1) is 5.41 Å². The first-order chi connectivity index (χ1) is 7.49. The van der Waals surface area contributed by atoms with E-state index in [-0.39, 0.29) is 5.41 Å². The summed E-state index contributed by atoms with van der Waals surface area (Å²) in [4.78, 5) is 4.11. The second kappa shape index (κ2) is 4.17. The van der Waals surface area contributed by atoms with Gasteiger partial charge in [0.05, 0.1) is 5.60 Å². The van der Waals surface area contributed by atoms with Crippen LogP contribution in [0.2, 0.25) is 0 Å². The molecule has 0 bridgehead atoms. The number of rotatable bonds is 2. The molecule has 16 heavy (non-hydrogen) atoms. The second-order valence-electron chi connectivity index (χ2n) is 5.96. The molecule has 0 aliphatic heterocycles. The highest BCUT2D eigenvalue weighted by molar-refractivity contribution is 5.12. The summed E-state index contributed by atoms with van der Waals surface area (Å²) >= 11 is 0. The second-order valence-corrected chi connectivity index (χ2v) is 5.96. The van der Waals surface area contributed by atoms with Crippen LogP contribution in [0.15, 0.2) is 24.5 Å². The van der Waals surface area contributed by atoms with Crippen LogP contribution in [-0.4, -0.2) is 15.7 Å². The molecule has 0 saturated heterocycles. The molecule has 0 spiro atoms. The molecule has 1 fully saturated rings. The molecule has 1 aliphatic rings. The molecule has 0 radical (unpaired) electrons. The molecule has 1 aliphatic carbocycles. The fraction of sp³-hybridized carbons (Fsp3) is 0.643. The summed E-state index contributed by atoms with van der Waals surface area (Å²) in [6, 6.07) is 3.99. The quantitative estimate of drug-likeness (QED) is 0.829. The number of aliphatic hydroxyl groups is 1. The zero-order valence-electron chi connectivity index (χ0n) is 10.2. The first kappa shape index (κ1) is 11.6. The monoisotopic (exact) mass is 219 g/mol. The lowest BCUT2D eigenvalue weighted by molar-refractivity contribution is -0.0382. The van der Waals surface area contributed by atoms with Gasteiger partial charge in [-0.1, -0.05) is 26.3 Å². The molecule has 0 amide bonds. The minimum Gasteiger partial charge on any atom is -0.390 e. The van der Waals surface area contributed by atoms with Gasteiger partial charge in [0.15, 0.2) is 0 Å². The minimum absolute atomic E-state index is 0.273. The molecule has 1 aromatic heterocycles. The van der Waals surface area contributed by atoms with Crippen LogP contribution in [-0.2, 0) is 6.42 Å². The van der Waals surface area contributed by atoms with Crippen molar-refractivity contribution in [3.63, 3.8) is 0 Å². The van der Waals surface area contributed by atoms with E-state index in [0.717, 1.165) is 31.2 Å². The van der Waals surface area contributed by atoms with Gasteiger partial charge < -0.3 is 5.11 Å². The van der Waals surface area contributed by atoms with E-state index in [1.807, 2.05) is 18.3 Å². The molecule has 1 atom stereocenters. The summed E-state index contributed by atoms with van der Waals surface area (Å²) in [6.07, 6.45) is 8.55. The van der Waals surface area contributed by atoms with E-state index in [1.165, 1.54) is 6.42 Å². The lowest BCUT2D eigenvalue weighted by Gasteiger charge is -2.41. The number of pyridine rings is 1. The largest absolute Gasteiger partial charge is 0.390 e. The van der Waals surface area contributed by atoms with Gasteiger partial charge in [0, 0.05) is 18.8 Å². The molecular weight excluding hydrogens is 198 g/mol. The standard InChI is InChI=1S/C14H21NO/c1-13(2)6-4-7-14(16,11-13)9-12-5-3-8-15-10-12/h3,5,8,10,16H,4,6-7,9,11H2,1-2H3. The summed E-state index contributed by atoms with van der Waals surface area (Å²) in [7, 11) is 0. The third-order valence-electron chi connectivity index (χ3n) is 3.56. The zero-order chi connectivity index (χ0) is 11.6. The van der Waals surface area contributed by atoms with Crippen molar-refractivity contribution in [2.45, 2.75) is 51.6 Å². The van der Waals surface area contributed by atoms with Gasteiger partial charge in [-0.05, 0) is 36.3 Å². The Morgan fingerprint density at radius 3 is 2.81 bits per heavy atom. The van der Waals surface area contributed by atoms with Gasteiger partial charge in [0.1, 0.15) is 0 Å². The van der Waals surface area contributed by atoms with Crippen LogP contribution in [0.1, 0.15) is 45.1 Å². The summed E-state index contributed by atoms with van der Waals surface area (Å²) in [5.41, 5.74) is 0.891. The lowest BCUT2D eigenvalue weighted by Crippen LogP contribution is -2.40. The average Bonchev–Trinajstić information content (AvgIpc) is 2.16. The molecule has 2 heteroatoms. The van der Waals surface area contributed by atoms with Crippen molar-refractivity contribution in [1.82, 2.24) is 4.98 Å². The van der Waals surface area contributed by atoms with Crippen LogP contribution >= 0.6 is 0 Å². The number of hydrogen-bond donors (Lipinski definition) is 1. The fourth-order valence-corrected chi connectivity index (χ4v) is 3.00. The molecular formula is C14H21NO. The molecule has 88 valence electrons. The van der Waals surface area contributed by atoms with Crippen LogP contribution in [0.25, 0.3) is 0 Å². The summed E-state index contributed by atoms with van der Waals surface area (Å²) < 4.78 is 0. The van der Waals surface area contributed by atoms with Crippen molar-refractivity contribution in [2.24, 2.45) is 5.41 Å². The van der Waals surface area contributed by atoms with Crippen LogP contribution < -0.4 is 0 Å². The first-order valence-electron chi connectivity index (χ1n) is 6.11. The molecule has 1 aromatic rings. The van der Waals surface area contributed by atoms with Crippen LogP contribution in [0.5, 0.6) is 0 Å². The van der Waals surface area contributed by atoms with Gasteiger partial charge in [-0.15, -0.1) is 0 Å². The predicted octanol–water partition coefficient (Wildman–Crippen LogP) is 2.96. The highest BCUT2D eigenvalue weighted by Crippen LogP contribution is 2.42. The molecule has 1 unspecified atom stereocenters. The molecule has 1 N–H and O–H groups in total.